The number of aryl methyl sites for hydroxylation is 1. The number of hydrogen-bond donors (Lipinski definition) is 0. The highest BCUT2D eigenvalue weighted by Gasteiger charge is 2.21. The van der Waals surface area contributed by atoms with Crippen LogP contribution in [0.2, 0.25) is 5.02 Å². The summed E-state index contributed by atoms with van der Waals surface area (Å²) < 4.78 is 8.36. The van der Waals surface area contributed by atoms with Gasteiger partial charge in [-0.2, -0.15) is 0 Å². The Hall–Kier alpha value is -2.24. The molecule has 2 aromatic carbocycles. The molecule has 2 heterocycles. The van der Waals surface area contributed by atoms with Crippen molar-refractivity contribution in [3.8, 4) is 5.75 Å². The number of Topliss-reactive ketones (excluding diaryl/α,β-unsaturated/α-hetero) is 1. The van der Waals surface area contributed by atoms with Crippen LogP contribution in [-0.4, -0.2) is 48.8 Å². The van der Waals surface area contributed by atoms with Gasteiger partial charge >= 0.3 is 0 Å². The zero-order valence-electron chi connectivity index (χ0n) is 17.7. The quantitative estimate of drug-likeness (QED) is 0.430. The summed E-state index contributed by atoms with van der Waals surface area (Å²) in [6.45, 7) is 5.71. The van der Waals surface area contributed by atoms with E-state index in [2.05, 4.69) is 29.4 Å². The highest BCUT2D eigenvalue weighted by atomic mass is 35.5. The molecule has 1 saturated heterocycles. The zero-order chi connectivity index (χ0) is 21.1. The first-order valence-electron chi connectivity index (χ1n) is 10.8. The summed E-state index contributed by atoms with van der Waals surface area (Å²) >= 11 is 6.21. The van der Waals surface area contributed by atoms with Crippen molar-refractivity contribution in [2.75, 3.05) is 19.6 Å². The molecule has 156 valence electrons. The Balaban J connectivity index is 1.31. The Morgan fingerprint density at radius 1 is 1.13 bits per heavy atom. The van der Waals surface area contributed by atoms with Crippen LogP contribution in [0, 0.1) is 0 Å². The molecule has 4 nitrogen and oxygen atoms in total. The molecule has 6 heteroatoms. The Kier molecular flexibility index (Phi) is 6.50. The highest BCUT2D eigenvalue weighted by molar-refractivity contribution is 6.39. The van der Waals surface area contributed by atoms with Gasteiger partial charge in [-0.15, -0.1) is 0 Å². The van der Waals surface area contributed by atoms with Crippen LogP contribution in [0.15, 0.2) is 48.7 Å². The third kappa shape index (κ3) is 4.58. The van der Waals surface area contributed by atoms with E-state index in [0.29, 0.717) is 5.02 Å². The Bertz CT molecular complexity index is 1040. The lowest BCUT2D eigenvalue weighted by atomic mass is 9.93. The van der Waals surface area contributed by atoms with E-state index in [1.54, 1.807) is 6.92 Å². The van der Waals surface area contributed by atoms with Gasteiger partial charge in [0.25, 0.3) is 0 Å². The molecule has 0 aliphatic carbocycles. The standard InChI is InChI=1S/C24H28BClN2O2/c1-17(29)20-16-28(24-19(20)6-4-7-21(24)25)13-5-12-27-14-10-18(11-15-27)30-23-9-3-2-8-22(23)26/h2-4,6-9,16,18H,5,10-15,25H2,1H3. The number of piperidine rings is 1. The highest BCUT2D eigenvalue weighted by Crippen LogP contribution is 2.27. The van der Waals surface area contributed by atoms with Gasteiger partial charge in [-0.1, -0.05) is 47.4 Å². The second-order valence-electron chi connectivity index (χ2n) is 8.21. The third-order valence-electron chi connectivity index (χ3n) is 6.02. The minimum Gasteiger partial charge on any atom is -0.489 e. The maximum absolute atomic E-state index is 12.0. The molecule has 1 aromatic heterocycles. The number of likely N-dealkylation sites (tertiary alicyclic amines) is 1. The lowest BCUT2D eigenvalue weighted by molar-refractivity contribution is 0.0994. The van der Waals surface area contributed by atoms with Crippen LogP contribution < -0.4 is 10.2 Å². The number of nitrogens with zero attached hydrogens (tertiary/aromatic N) is 2. The Labute approximate surface area is 184 Å². The van der Waals surface area contributed by atoms with Crippen molar-refractivity contribution < 1.29 is 9.53 Å². The molecule has 0 unspecified atom stereocenters. The normalized spacial score (nSPS) is 15.5. The van der Waals surface area contributed by atoms with E-state index in [0.717, 1.165) is 62.1 Å². The lowest BCUT2D eigenvalue weighted by Crippen LogP contribution is -2.39. The van der Waals surface area contributed by atoms with Crippen LogP contribution >= 0.6 is 11.6 Å². The van der Waals surface area contributed by atoms with Gasteiger partial charge in [0.1, 0.15) is 19.7 Å². The topological polar surface area (TPSA) is 34.5 Å². The van der Waals surface area contributed by atoms with Gasteiger partial charge in [0.2, 0.25) is 0 Å². The second kappa shape index (κ2) is 9.28. The molecule has 0 bridgehead atoms. The molecular weight excluding hydrogens is 395 g/mol. The number of para-hydroxylation sites is 2. The summed E-state index contributed by atoms with van der Waals surface area (Å²) in [6, 6.07) is 13.9. The average Bonchev–Trinajstić information content (AvgIpc) is 3.11. The van der Waals surface area contributed by atoms with Crippen molar-refractivity contribution >= 4 is 41.6 Å². The SMILES string of the molecule is Bc1cccc2c(C(C)=O)cn(CCCN3CCC(Oc4ccccc4Cl)CC3)c12. The fraction of sp³-hybridized carbons (Fsp3) is 0.375. The zero-order valence-corrected chi connectivity index (χ0v) is 18.5. The number of benzene rings is 2. The molecule has 30 heavy (non-hydrogen) atoms. The summed E-state index contributed by atoms with van der Waals surface area (Å²) in [5.41, 5.74) is 3.23. The second-order valence-corrected chi connectivity index (χ2v) is 8.61. The van der Waals surface area contributed by atoms with E-state index in [9.17, 15) is 4.79 Å². The maximum Gasteiger partial charge on any atom is 0.161 e. The van der Waals surface area contributed by atoms with Crippen LogP contribution in [0.25, 0.3) is 10.9 Å². The number of aromatic nitrogens is 1. The van der Waals surface area contributed by atoms with E-state index >= 15 is 0 Å². The van der Waals surface area contributed by atoms with Gasteiger partial charge in [0.05, 0.1) is 5.02 Å². The predicted molar refractivity (Wildman–Crippen MR) is 126 cm³/mol. The van der Waals surface area contributed by atoms with Crippen molar-refractivity contribution in [3.63, 3.8) is 0 Å². The molecule has 0 N–H and O–H groups in total. The fourth-order valence-corrected chi connectivity index (χ4v) is 4.62. The van der Waals surface area contributed by atoms with Crippen LogP contribution in [0.5, 0.6) is 5.75 Å². The molecule has 0 amide bonds. The molecule has 3 aromatic rings. The smallest absolute Gasteiger partial charge is 0.161 e. The van der Waals surface area contributed by atoms with Crippen LogP contribution in [0.1, 0.15) is 36.5 Å². The van der Waals surface area contributed by atoms with Gasteiger partial charge in [0.15, 0.2) is 5.78 Å². The molecule has 0 saturated carbocycles. The van der Waals surface area contributed by atoms with Crippen molar-refractivity contribution in [3.05, 3.63) is 59.2 Å². The molecule has 1 aliphatic rings. The van der Waals surface area contributed by atoms with Gasteiger partial charge in [-0.25, -0.2) is 0 Å². The molecule has 0 spiro atoms. The van der Waals surface area contributed by atoms with Gasteiger partial charge in [-0.3, -0.25) is 4.79 Å². The van der Waals surface area contributed by atoms with Crippen molar-refractivity contribution in [2.24, 2.45) is 0 Å². The van der Waals surface area contributed by atoms with E-state index in [1.807, 2.05) is 36.5 Å². The predicted octanol–water partition coefficient (Wildman–Crippen LogP) is 3.69. The minimum absolute atomic E-state index is 0.130. The molecular formula is C24H28BClN2O2. The fourth-order valence-electron chi connectivity index (χ4n) is 4.44. The summed E-state index contributed by atoms with van der Waals surface area (Å²) in [7, 11) is 2.12. The molecule has 0 radical (unpaired) electrons. The number of carbonyl (C=O) groups excluding carboxylic acids is 1. The van der Waals surface area contributed by atoms with E-state index < -0.39 is 0 Å². The number of hydrogen-bond acceptors (Lipinski definition) is 3. The number of rotatable bonds is 7. The first-order chi connectivity index (χ1) is 14.5. The summed E-state index contributed by atoms with van der Waals surface area (Å²) in [6.07, 6.45) is 5.36. The van der Waals surface area contributed by atoms with Crippen molar-refractivity contribution in [2.45, 2.75) is 38.8 Å². The molecule has 4 rings (SSSR count). The van der Waals surface area contributed by atoms with E-state index in [-0.39, 0.29) is 11.9 Å². The van der Waals surface area contributed by atoms with Gasteiger partial charge in [-0.05, 0) is 44.9 Å². The number of halogens is 1. The summed E-state index contributed by atoms with van der Waals surface area (Å²) in [5.74, 6) is 0.915. The van der Waals surface area contributed by atoms with Crippen LogP contribution in [-0.2, 0) is 6.54 Å². The maximum atomic E-state index is 12.0. The van der Waals surface area contributed by atoms with Gasteiger partial charge in [0, 0.05) is 42.3 Å². The number of ketones is 1. The summed E-state index contributed by atoms with van der Waals surface area (Å²) in [4.78, 5) is 14.6. The Morgan fingerprint density at radius 2 is 1.90 bits per heavy atom. The molecule has 1 fully saturated rings. The van der Waals surface area contributed by atoms with Crippen molar-refractivity contribution in [1.29, 1.82) is 0 Å². The van der Waals surface area contributed by atoms with E-state index in [1.165, 1.54) is 11.0 Å². The van der Waals surface area contributed by atoms with Crippen LogP contribution in [0.4, 0.5) is 0 Å². The minimum atomic E-state index is 0.130. The number of ether oxygens (including phenoxy) is 1. The summed E-state index contributed by atoms with van der Waals surface area (Å²) in [5, 5.41) is 1.75. The third-order valence-corrected chi connectivity index (χ3v) is 6.33. The van der Waals surface area contributed by atoms with E-state index in [4.69, 9.17) is 16.3 Å². The molecule has 0 atom stereocenters. The largest absolute Gasteiger partial charge is 0.489 e. The lowest BCUT2D eigenvalue weighted by Gasteiger charge is -2.32. The first kappa shape index (κ1) is 21.0. The Morgan fingerprint density at radius 3 is 2.63 bits per heavy atom. The molecule has 1 aliphatic heterocycles. The monoisotopic (exact) mass is 422 g/mol. The van der Waals surface area contributed by atoms with Crippen molar-refractivity contribution in [1.82, 2.24) is 9.47 Å². The van der Waals surface area contributed by atoms with Gasteiger partial charge < -0.3 is 14.2 Å². The number of fused-ring (bicyclic) bond motifs is 1. The number of carbonyl (C=O) groups is 1. The first-order valence-corrected chi connectivity index (χ1v) is 11.1. The van der Waals surface area contributed by atoms with Crippen LogP contribution in [0.3, 0.4) is 0 Å². The average molecular weight is 423 g/mol.